The van der Waals surface area contributed by atoms with Gasteiger partial charge in [-0.3, -0.25) is 5.84 Å². The van der Waals surface area contributed by atoms with E-state index in [0.717, 1.165) is 18.2 Å². The van der Waals surface area contributed by atoms with Crippen LogP contribution in [0.4, 0.5) is 23.2 Å². The van der Waals surface area contributed by atoms with Gasteiger partial charge in [0.25, 0.3) is 0 Å². The minimum absolute atomic E-state index is 0.119. The molecule has 0 aliphatic carbocycles. The van der Waals surface area contributed by atoms with E-state index in [1.54, 1.807) is 0 Å². The molecule has 1 aromatic rings. The standard InChI is InChI=1S/C7H6F4N2S/c8-5-2-1-4(3-6(5)13-12)14-7(9,10)11/h1-3,13H,12H2. The number of benzene rings is 1. The number of hydrogen-bond donors (Lipinski definition) is 2. The second kappa shape index (κ2) is 4.05. The first kappa shape index (κ1) is 11.1. The smallest absolute Gasteiger partial charge is 0.321 e. The fourth-order valence-corrected chi connectivity index (χ4v) is 1.39. The van der Waals surface area contributed by atoms with Gasteiger partial charge >= 0.3 is 5.51 Å². The highest BCUT2D eigenvalue weighted by atomic mass is 32.2. The van der Waals surface area contributed by atoms with Crippen LogP contribution in [0.25, 0.3) is 0 Å². The number of hydrazine groups is 1. The fraction of sp³-hybridized carbons (Fsp3) is 0.143. The molecule has 0 spiro atoms. The lowest BCUT2D eigenvalue weighted by molar-refractivity contribution is -0.0328. The number of nitrogen functional groups attached to an aromatic ring is 1. The van der Waals surface area contributed by atoms with E-state index in [1.165, 1.54) is 0 Å². The van der Waals surface area contributed by atoms with E-state index in [4.69, 9.17) is 5.84 Å². The molecule has 78 valence electrons. The molecule has 0 unspecified atom stereocenters. The molecule has 0 atom stereocenters. The van der Waals surface area contributed by atoms with Gasteiger partial charge in [-0.15, -0.1) is 0 Å². The Hall–Kier alpha value is -0.950. The molecule has 2 nitrogen and oxygen atoms in total. The second-order valence-electron chi connectivity index (χ2n) is 2.33. The van der Waals surface area contributed by atoms with Crippen molar-refractivity contribution < 1.29 is 17.6 Å². The van der Waals surface area contributed by atoms with E-state index in [9.17, 15) is 17.6 Å². The summed E-state index contributed by atoms with van der Waals surface area (Å²) in [6.45, 7) is 0. The highest BCUT2D eigenvalue weighted by Crippen LogP contribution is 2.37. The maximum atomic E-state index is 12.8. The van der Waals surface area contributed by atoms with E-state index in [0.29, 0.717) is 0 Å². The number of hydrogen-bond acceptors (Lipinski definition) is 3. The van der Waals surface area contributed by atoms with Crippen molar-refractivity contribution in [3.05, 3.63) is 24.0 Å². The monoisotopic (exact) mass is 226 g/mol. The van der Waals surface area contributed by atoms with Gasteiger partial charge in [-0.2, -0.15) is 13.2 Å². The van der Waals surface area contributed by atoms with E-state index < -0.39 is 11.3 Å². The van der Waals surface area contributed by atoms with Gasteiger partial charge in [0.2, 0.25) is 0 Å². The Bertz CT molecular complexity index is 326. The lowest BCUT2D eigenvalue weighted by Gasteiger charge is -2.07. The minimum atomic E-state index is -4.39. The summed E-state index contributed by atoms with van der Waals surface area (Å²) in [6.07, 6.45) is 0. The molecule has 0 aromatic heterocycles. The first-order valence-corrected chi connectivity index (χ1v) is 4.26. The zero-order valence-electron chi connectivity index (χ0n) is 6.73. The zero-order valence-corrected chi connectivity index (χ0v) is 7.55. The number of rotatable bonds is 2. The summed E-state index contributed by atoms with van der Waals surface area (Å²) in [4.78, 5) is -0.119. The van der Waals surface area contributed by atoms with Crippen LogP contribution in [0, 0.1) is 5.82 Å². The lowest BCUT2D eigenvalue weighted by Crippen LogP contribution is -2.08. The number of halogens is 4. The number of nitrogens with two attached hydrogens (primary N) is 1. The normalized spacial score (nSPS) is 11.5. The summed E-state index contributed by atoms with van der Waals surface area (Å²) in [5.41, 5.74) is -2.59. The lowest BCUT2D eigenvalue weighted by atomic mass is 10.3. The molecule has 0 aliphatic heterocycles. The van der Waals surface area contributed by atoms with E-state index in [-0.39, 0.29) is 22.3 Å². The predicted molar refractivity (Wildman–Crippen MR) is 46.1 cm³/mol. The van der Waals surface area contributed by atoms with E-state index >= 15 is 0 Å². The van der Waals surface area contributed by atoms with Crippen molar-refractivity contribution in [1.29, 1.82) is 0 Å². The summed E-state index contributed by atoms with van der Waals surface area (Å²) in [6, 6.07) is 2.95. The third-order valence-corrected chi connectivity index (χ3v) is 2.05. The maximum Gasteiger partial charge on any atom is 0.446 e. The van der Waals surface area contributed by atoms with Gasteiger partial charge in [0.05, 0.1) is 5.69 Å². The van der Waals surface area contributed by atoms with Gasteiger partial charge in [-0.05, 0) is 30.0 Å². The van der Waals surface area contributed by atoms with Gasteiger partial charge in [-0.1, -0.05) is 0 Å². The summed E-state index contributed by atoms with van der Waals surface area (Å²) in [5, 5.41) is 0. The molecule has 0 fully saturated rings. The van der Waals surface area contributed by atoms with Crippen LogP contribution in [-0.4, -0.2) is 5.51 Å². The highest BCUT2D eigenvalue weighted by molar-refractivity contribution is 8.00. The fourth-order valence-electron chi connectivity index (χ4n) is 0.812. The zero-order chi connectivity index (χ0) is 10.8. The number of alkyl halides is 3. The Balaban J connectivity index is 2.90. The molecule has 0 amide bonds. The van der Waals surface area contributed by atoms with Gasteiger partial charge in [0.1, 0.15) is 5.82 Å². The molecule has 1 aromatic carbocycles. The average Bonchev–Trinajstić information content (AvgIpc) is 2.06. The van der Waals surface area contributed by atoms with Crippen molar-refractivity contribution in [3.8, 4) is 0 Å². The first-order valence-electron chi connectivity index (χ1n) is 3.44. The van der Waals surface area contributed by atoms with Crippen LogP contribution in [0.2, 0.25) is 0 Å². The number of anilines is 1. The van der Waals surface area contributed by atoms with Gasteiger partial charge < -0.3 is 5.43 Å². The molecule has 7 heteroatoms. The number of nitrogens with one attached hydrogen (secondary N) is 1. The molecule has 3 N–H and O–H groups in total. The Morgan fingerprint density at radius 3 is 2.43 bits per heavy atom. The summed E-state index contributed by atoms with van der Waals surface area (Å²) >= 11 is -0.323. The molecule has 1 rings (SSSR count). The predicted octanol–water partition coefficient (Wildman–Crippen LogP) is 2.72. The SMILES string of the molecule is NNc1cc(SC(F)(F)F)ccc1F. The van der Waals surface area contributed by atoms with Crippen LogP contribution in [0.5, 0.6) is 0 Å². The highest BCUT2D eigenvalue weighted by Gasteiger charge is 2.29. The third-order valence-electron chi connectivity index (χ3n) is 1.33. The van der Waals surface area contributed by atoms with Crippen LogP contribution in [0.1, 0.15) is 0 Å². The molecule has 14 heavy (non-hydrogen) atoms. The number of thioether (sulfide) groups is 1. The van der Waals surface area contributed by atoms with Crippen molar-refractivity contribution in [3.63, 3.8) is 0 Å². The summed E-state index contributed by atoms with van der Waals surface area (Å²) in [5.74, 6) is 4.21. The van der Waals surface area contributed by atoms with Crippen LogP contribution in [0.3, 0.4) is 0 Å². The topological polar surface area (TPSA) is 38.0 Å². The van der Waals surface area contributed by atoms with Gasteiger partial charge in [0, 0.05) is 4.90 Å². The molecular formula is C7H6F4N2S. The van der Waals surface area contributed by atoms with Crippen LogP contribution >= 0.6 is 11.8 Å². The Kier molecular flexibility index (Phi) is 3.22. The van der Waals surface area contributed by atoms with Crippen LogP contribution < -0.4 is 11.3 Å². The van der Waals surface area contributed by atoms with Crippen molar-refractivity contribution in [2.24, 2.45) is 5.84 Å². The van der Waals surface area contributed by atoms with Crippen molar-refractivity contribution in [2.75, 3.05) is 5.43 Å². The van der Waals surface area contributed by atoms with E-state index in [2.05, 4.69) is 0 Å². The second-order valence-corrected chi connectivity index (χ2v) is 3.47. The Labute approximate surface area is 81.4 Å². The Morgan fingerprint density at radius 2 is 1.93 bits per heavy atom. The van der Waals surface area contributed by atoms with Crippen molar-refractivity contribution in [1.82, 2.24) is 0 Å². The van der Waals surface area contributed by atoms with E-state index in [1.807, 2.05) is 5.43 Å². The largest absolute Gasteiger partial charge is 0.446 e. The molecule has 0 radical (unpaired) electrons. The molecule has 0 saturated heterocycles. The quantitative estimate of drug-likeness (QED) is 0.352. The third kappa shape index (κ3) is 3.08. The van der Waals surface area contributed by atoms with Gasteiger partial charge in [-0.25, -0.2) is 4.39 Å². The van der Waals surface area contributed by atoms with Crippen molar-refractivity contribution >= 4 is 17.4 Å². The first-order chi connectivity index (χ1) is 6.42. The molecule has 0 heterocycles. The minimum Gasteiger partial charge on any atom is -0.321 e. The summed E-state index contributed by atoms with van der Waals surface area (Å²) in [7, 11) is 0. The van der Waals surface area contributed by atoms with Crippen LogP contribution in [-0.2, 0) is 0 Å². The Morgan fingerprint density at radius 1 is 1.29 bits per heavy atom. The summed E-state index contributed by atoms with van der Waals surface area (Å²) < 4.78 is 48.5. The van der Waals surface area contributed by atoms with Crippen molar-refractivity contribution in [2.45, 2.75) is 10.4 Å². The maximum absolute atomic E-state index is 12.8. The van der Waals surface area contributed by atoms with Gasteiger partial charge in [0.15, 0.2) is 0 Å². The molecule has 0 saturated carbocycles. The molecule has 0 aliphatic rings. The molecule has 0 bridgehead atoms. The average molecular weight is 226 g/mol. The molecular weight excluding hydrogens is 220 g/mol. The van der Waals surface area contributed by atoms with Crippen LogP contribution in [0.15, 0.2) is 23.1 Å².